The number of aromatic nitrogens is 1. The predicted octanol–water partition coefficient (Wildman–Crippen LogP) is 1.93. The minimum absolute atomic E-state index is 0.0514. The molecule has 2 amide bonds. The van der Waals surface area contributed by atoms with Crippen LogP contribution in [0.15, 0.2) is 42.6 Å². The molecule has 1 unspecified atom stereocenters. The van der Waals surface area contributed by atoms with Crippen LogP contribution in [0, 0.1) is 0 Å². The van der Waals surface area contributed by atoms with Crippen LogP contribution in [0.4, 0.5) is 5.69 Å². The minimum Gasteiger partial charge on any atom is -0.495 e. The Balaban J connectivity index is 1.63. The molecule has 1 atom stereocenters. The number of nitrogens with zero attached hydrogens (tertiary/aromatic N) is 2. The first kappa shape index (κ1) is 19.0. The lowest BCUT2D eigenvalue weighted by Gasteiger charge is -2.28. The van der Waals surface area contributed by atoms with Crippen LogP contribution in [-0.4, -0.2) is 48.0 Å². The molecule has 7 nitrogen and oxygen atoms in total. The van der Waals surface area contributed by atoms with E-state index in [1.165, 1.54) is 7.11 Å². The van der Waals surface area contributed by atoms with E-state index in [1.807, 2.05) is 19.3 Å². The molecule has 0 saturated carbocycles. The number of ether oxygens (including phenoxy) is 1. The van der Waals surface area contributed by atoms with Gasteiger partial charge < -0.3 is 19.9 Å². The van der Waals surface area contributed by atoms with Gasteiger partial charge in [0.25, 0.3) is 0 Å². The number of para-hydroxylation sites is 2. The summed E-state index contributed by atoms with van der Waals surface area (Å²) in [5, 5.41) is 5.39. The van der Waals surface area contributed by atoms with E-state index >= 15 is 0 Å². The van der Waals surface area contributed by atoms with Gasteiger partial charge in [0.1, 0.15) is 5.75 Å². The van der Waals surface area contributed by atoms with Crippen LogP contribution in [0.25, 0.3) is 0 Å². The number of hydrogen-bond acceptors (Lipinski definition) is 4. The SMILES string of the molecule is COc1ccccc1NC(=O)C(=O)NCC(c1cccn1C)N1CCCC1. The van der Waals surface area contributed by atoms with Crippen molar-refractivity contribution in [1.29, 1.82) is 0 Å². The number of carbonyl (C=O) groups excluding carboxylic acids is 2. The third-order valence-electron chi connectivity index (χ3n) is 4.92. The maximum Gasteiger partial charge on any atom is 0.313 e. The number of benzene rings is 1. The van der Waals surface area contributed by atoms with Gasteiger partial charge in [0, 0.05) is 25.5 Å². The highest BCUT2D eigenvalue weighted by Gasteiger charge is 2.26. The highest BCUT2D eigenvalue weighted by Crippen LogP contribution is 2.25. The van der Waals surface area contributed by atoms with E-state index in [0.717, 1.165) is 31.6 Å². The summed E-state index contributed by atoms with van der Waals surface area (Å²) in [4.78, 5) is 27.0. The fraction of sp³-hybridized carbons (Fsp3) is 0.400. The Morgan fingerprint density at radius 3 is 2.52 bits per heavy atom. The van der Waals surface area contributed by atoms with E-state index in [4.69, 9.17) is 4.74 Å². The molecule has 3 rings (SSSR count). The van der Waals surface area contributed by atoms with Crippen molar-refractivity contribution in [3.8, 4) is 5.75 Å². The summed E-state index contributed by atoms with van der Waals surface area (Å²) in [7, 11) is 3.51. The standard InChI is InChI=1S/C20H26N4O3/c1-23-11-7-9-16(23)17(24-12-5-6-13-24)14-21-19(25)20(26)22-15-8-3-4-10-18(15)27-2/h3-4,7-11,17H,5-6,12-14H2,1-2H3,(H,21,25)(H,22,26). The lowest BCUT2D eigenvalue weighted by atomic mass is 10.1. The van der Waals surface area contributed by atoms with Crippen LogP contribution in [0.2, 0.25) is 0 Å². The van der Waals surface area contributed by atoms with Gasteiger partial charge in [-0.15, -0.1) is 0 Å². The van der Waals surface area contributed by atoms with Gasteiger partial charge in [-0.05, 0) is 50.2 Å². The fourth-order valence-electron chi connectivity index (χ4n) is 3.49. The van der Waals surface area contributed by atoms with Gasteiger partial charge in [-0.1, -0.05) is 12.1 Å². The molecule has 0 spiro atoms. The summed E-state index contributed by atoms with van der Waals surface area (Å²) >= 11 is 0. The second kappa shape index (κ2) is 8.73. The zero-order valence-corrected chi connectivity index (χ0v) is 15.8. The maximum absolute atomic E-state index is 12.3. The predicted molar refractivity (Wildman–Crippen MR) is 104 cm³/mol. The van der Waals surface area contributed by atoms with Crippen molar-refractivity contribution in [2.24, 2.45) is 7.05 Å². The summed E-state index contributed by atoms with van der Waals surface area (Å²) in [5.41, 5.74) is 1.60. The largest absolute Gasteiger partial charge is 0.495 e. The monoisotopic (exact) mass is 370 g/mol. The number of anilines is 1. The molecule has 1 fully saturated rings. The molecule has 0 bridgehead atoms. The first-order chi connectivity index (χ1) is 13.1. The number of amides is 2. The van der Waals surface area contributed by atoms with Crippen LogP contribution in [0.5, 0.6) is 5.75 Å². The van der Waals surface area contributed by atoms with Crippen LogP contribution in [-0.2, 0) is 16.6 Å². The van der Waals surface area contributed by atoms with Crippen LogP contribution in [0.1, 0.15) is 24.6 Å². The number of hydrogen-bond donors (Lipinski definition) is 2. The molecule has 27 heavy (non-hydrogen) atoms. The van der Waals surface area contributed by atoms with Crippen LogP contribution >= 0.6 is 0 Å². The first-order valence-corrected chi connectivity index (χ1v) is 9.17. The van der Waals surface area contributed by atoms with Gasteiger partial charge in [-0.3, -0.25) is 14.5 Å². The zero-order valence-electron chi connectivity index (χ0n) is 15.8. The third-order valence-corrected chi connectivity index (χ3v) is 4.92. The van der Waals surface area contributed by atoms with E-state index in [0.29, 0.717) is 18.0 Å². The van der Waals surface area contributed by atoms with E-state index in [-0.39, 0.29) is 6.04 Å². The number of likely N-dealkylation sites (tertiary alicyclic amines) is 1. The summed E-state index contributed by atoms with van der Waals surface area (Å²) in [6.45, 7) is 2.38. The Kier molecular flexibility index (Phi) is 6.13. The second-order valence-electron chi connectivity index (χ2n) is 6.67. The molecule has 144 valence electrons. The quantitative estimate of drug-likeness (QED) is 0.762. The van der Waals surface area contributed by atoms with E-state index in [1.54, 1.807) is 24.3 Å². The Bertz CT molecular complexity index is 796. The molecule has 1 aromatic carbocycles. The Morgan fingerprint density at radius 1 is 1.11 bits per heavy atom. The number of rotatable bonds is 6. The van der Waals surface area contributed by atoms with Crippen LogP contribution in [0.3, 0.4) is 0 Å². The van der Waals surface area contributed by atoms with Crippen molar-refractivity contribution in [3.05, 3.63) is 48.3 Å². The average molecular weight is 370 g/mol. The Morgan fingerprint density at radius 2 is 1.85 bits per heavy atom. The van der Waals surface area contributed by atoms with E-state index < -0.39 is 11.8 Å². The fourth-order valence-corrected chi connectivity index (χ4v) is 3.49. The summed E-state index contributed by atoms with van der Waals surface area (Å²) < 4.78 is 7.26. The van der Waals surface area contributed by atoms with E-state index in [2.05, 4.69) is 26.2 Å². The number of methoxy groups -OCH3 is 1. The van der Waals surface area contributed by atoms with Gasteiger partial charge in [0.2, 0.25) is 0 Å². The third kappa shape index (κ3) is 4.49. The number of nitrogens with one attached hydrogen (secondary N) is 2. The van der Waals surface area contributed by atoms with Gasteiger partial charge >= 0.3 is 11.8 Å². The molecule has 0 aliphatic carbocycles. The highest BCUT2D eigenvalue weighted by molar-refractivity contribution is 6.39. The van der Waals surface area contributed by atoms with Crippen LogP contribution < -0.4 is 15.4 Å². The molecular formula is C20H26N4O3. The molecule has 1 aromatic heterocycles. The molecular weight excluding hydrogens is 344 g/mol. The van der Waals surface area contributed by atoms with Crippen molar-refractivity contribution in [1.82, 2.24) is 14.8 Å². The molecule has 2 heterocycles. The first-order valence-electron chi connectivity index (χ1n) is 9.17. The summed E-state index contributed by atoms with van der Waals surface area (Å²) in [6.07, 6.45) is 4.31. The molecule has 2 N–H and O–H groups in total. The summed E-state index contributed by atoms with van der Waals surface area (Å²) in [6, 6.07) is 11.1. The van der Waals surface area contributed by atoms with Crippen molar-refractivity contribution < 1.29 is 14.3 Å². The molecule has 1 aliphatic heterocycles. The Labute approximate surface area is 159 Å². The van der Waals surface area contributed by atoms with Crippen molar-refractivity contribution in [2.75, 3.05) is 32.1 Å². The highest BCUT2D eigenvalue weighted by atomic mass is 16.5. The van der Waals surface area contributed by atoms with Gasteiger partial charge in [0.15, 0.2) is 0 Å². The maximum atomic E-state index is 12.3. The molecule has 0 radical (unpaired) electrons. The summed E-state index contributed by atoms with van der Waals surface area (Å²) in [5.74, 6) is -0.844. The molecule has 7 heteroatoms. The lowest BCUT2D eigenvalue weighted by molar-refractivity contribution is -0.136. The molecule has 2 aromatic rings. The minimum atomic E-state index is -0.702. The second-order valence-corrected chi connectivity index (χ2v) is 6.67. The van der Waals surface area contributed by atoms with E-state index in [9.17, 15) is 9.59 Å². The average Bonchev–Trinajstić information content (AvgIpc) is 3.35. The lowest BCUT2D eigenvalue weighted by Crippen LogP contribution is -2.41. The molecule has 1 aliphatic rings. The smallest absolute Gasteiger partial charge is 0.313 e. The van der Waals surface area contributed by atoms with Gasteiger partial charge in [0.05, 0.1) is 18.8 Å². The number of aryl methyl sites for hydroxylation is 1. The van der Waals surface area contributed by atoms with Gasteiger partial charge in [-0.25, -0.2) is 0 Å². The molecule has 1 saturated heterocycles. The van der Waals surface area contributed by atoms with Crippen molar-refractivity contribution >= 4 is 17.5 Å². The van der Waals surface area contributed by atoms with Gasteiger partial charge in [-0.2, -0.15) is 0 Å². The Hall–Kier alpha value is -2.80. The van der Waals surface area contributed by atoms with Crippen molar-refractivity contribution in [3.63, 3.8) is 0 Å². The van der Waals surface area contributed by atoms with Crippen molar-refractivity contribution in [2.45, 2.75) is 18.9 Å². The zero-order chi connectivity index (χ0) is 19.2. The topological polar surface area (TPSA) is 75.6 Å². The number of carbonyl (C=O) groups is 2. The normalized spacial score (nSPS) is 15.3.